The van der Waals surface area contributed by atoms with Gasteiger partial charge in [0.25, 0.3) is 0 Å². The molecule has 2 heteroatoms. The molecule has 0 aromatic rings. The maximum absolute atomic E-state index is 5.33. The van der Waals surface area contributed by atoms with Gasteiger partial charge in [0.15, 0.2) is 0 Å². The summed E-state index contributed by atoms with van der Waals surface area (Å²) in [6.07, 6.45) is 3.26. The third-order valence-corrected chi connectivity index (χ3v) is 2.67. The summed E-state index contributed by atoms with van der Waals surface area (Å²) >= 11 is 0. The van der Waals surface area contributed by atoms with Crippen molar-refractivity contribution in [1.82, 2.24) is 5.32 Å². The molecule has 0 aromatic heterocycles. The Morgan fingerprint density at radius 3 is 2.78 bits per heavy atom. The normalized spacial score (nSPS) is 37.7. The number of rotatable bonds is 1. The van der Waals surface area contributed by atoms with Crippen LogP contribution in [-0.2, 0) is 4.74 Å². The Bertz CT molecular complexity index is 120. The SMILES string of the molecule is CO[C@@H]1CNCC12CC2. The lowest BCUT2D eigenvalue weighted by molar-refractivity contribution is 0.0733. The average molecular weight is 127 g/mol. The highest BCUT2D eigenvalue weighted by Gasteiger charge is 2.52. The maximum Gasteiger partial charge on any atom is 0.0763 e. The van der Waals surface area contributed by atoms with Crippen molar-refractivity contribution >= 4 is 0 Å². The lowest BCUT2D eigenvalue weighted by atomic mass is 10.0. The van der Waals surface area contributed by atoms with E-state index in [1.54, 1.807) is 0 Å². The van der Waals surface area contributed by atoms with Gasteiger partial charge in [0.05, 0.1) is 6.10 Å². The van der Waals surface area contributed by atoms with Crippen LogP contribution in [-0.4, -0.2) is 26.3 Å². The Balaban J connectivity index is 2.05. The van der Waals surface area contributed by atoms with Crippen LogP contribution in [0.25, 0.3) is 0 Å². The van der Waals surface area contributed by atoms with Crippen LogP contribution in [0.15, 0.2) is 0 Å². The minimum Gasteiger partial charge on any atom is -0.380 e. The molecule has 2 aliphatic rings. The Kier molecular flexibility index (Phi) is 1.08. The first-order valence-corrected chi connectivity index (χ1v) is 3.61. The molecule has 2 fully saturated rings. The highest BCUT2D eigenvalue weighted by atomic mass is 16.5. The standard InChI is InChI=1S/C7H13NO/c1-9-6-4-8-5-7(6)2-3-7/h6,8H,2-5H2,1H3/t6-/m1/s1. The van der Waals surface area contributed by atoms with Crippen molar-refractivity contribution in [2.75, 3.05) is 20.2 Å². The van der Waals surface area contributed by atoms with Gasteiger partial charge in [-0.1, -0.05) is 0 Å². The Labute approximate surface area is 55.6 Å². The molecule has 0 radical (unpaired) electrons. The molecule has 2 nitrogen and oxygen atoms in total. The summed E-state index contributed by atoms with van der Waals surface area (Å²) in [5.41, 5.74) is 0.578. The molecule has 1 saturated carbocycles. The van der Waals surface area contributed by atoms with Gasteiger partial charge in [0, 0.05) is 25.6 Å². The minimum absolute atomic E-state index is 0.512. The van der Waals surface area contributed by atoms with E-state index in [0.717, 1.165) is 6.54 Å². The smallest absolute Gasteiger partial charge is 0.0763 e. The molecule has 0 bridgehead atoms. The topological polar surface area (TPSA) is 21.3 Å². The number of methoxy groups -OCH3 is 1. The molecule has 0 unspecified atom stereocenters. The van der Waals surface area contributed by atoms with Gasteiger partial charge < -0.3 is 10.1 Å². The van der Waals surface area contributed by atoms with E-state index < -0.39 is 0 Å². The molecular weight excluding hydrogens is 114 g/mol. The van der Waals surface area contributed by atoms with E-state index in [1.807, 2.05) is 7.11 Å². The quantitative estimate of drug-likeness (QED) is 0.550. The predicted octanol–water partition coefficient (Wildman–Crippen LogP) is 0.385. The fraction of sp³-hybridized carbons (Fsp3) is 1.00. The highest BCUT2D eigenvalue weighted by Crippen LogP contribution is 2.51. The van der Waals surface area contributed by atoms with Gasteiger partial charge in [-0.15, -0.1) is 0 Å². The second-order valence-electron chi connectivity index (χ2n) is 3.22. The van der Waals surface area contributed by atoms with Crippen LogP contribution in [0.1, 0.15) is 12.8 Å². The van der Waals surface area contributed by atoms with Crippen molar-refractivity contribution in [2.24, 2.45) is 5.41 Å². The first-order valence-electron chi connectivity index (χ1n) is 3.61. The Morgan fingerprint density at radius 1 is 1.56 bits per heavy atom. The molecule has 2 rings (SSSR count). The van der Waals surface area contributed by atoms with Gasteiger partial charge in [0.1, 0.15) is 0 Å². The lowest BCUT2D eigenvalue weighted by Gasteiger charge is -2.13. The Morgan fingerprint density at radius 2 is 2.33 bits per heavy atom. The Hall–Kier alpha value is -0.0800. The molecule has 1 N–H and O–H groups in total. The highest BCUT2D eigenvalue weighted by molar-refractivity contribution is 5.05. The molecule has 1 aliphatic carbocycles. The lowest BCUT2D eigenvalue weighted by Crippen LogP contribution is -2.21. The number of nitrogens with one attached hydrogen (secondary N) is 1. The van der Waals surface area contributed by atoms with Crippen LogP contribution in [0.5, 0.6) is 0 Å². The summed E-state index contributed by atoms with van der Waals surface area (Å²) < 4.78 is 5.33. The third kappa shape index (κ3) is 0.700. The zero-order valence-electron chi connectivity index (χ0n) is 5.81. The predicted molar refractivity (Wildman–Crippen MR) is 35.3 cm³/mol. The summed E-state index contributed by atoms with van der Waals surface area (Å²) in [7, 11) is 1.82. The van der Waals surface area contributed by atoms with Crippen molar-refractivity contribution in [3.8, 4) is 0 Å². The summed E-state index contributed by atoms with van der Waals surface area (Å²) in [6.45, 7) is 2.25. The van der Waals surface area contributed by atoms with Gasteiger partial charge in [-0.3, -0.25) is 0 Å². The van der Waals surface area contributed by atoms with E-state index in [9.17, 15) is 0 Å². The van der Waals surface area contributed by atoms with E-state index in [4.69, 9.17) is 4.74 Å². The summed E-state index contributed by atoms with van der Waals surface area (Å²) in [5, 5.41) is 3.35. The van der Waals surface area contributed by atoms with Gasteiger partial charge in [-0.2, -0.15) is 0 Å². The molecule has 9 heavy (non-hydrogen) atoms. The molecular formula is C7H13NO. The fourth-order valence-corrected chi connectivity index (χ4v) is 1.78. The van der Waals surface area contributed by atoms with Crippen LogP contribution >= 0.6 is 0 Å². The minimum atomic E-state index is 0.512. The van der Waals surface area contributed by atoms with Crippen molar-refractivity contribution in [3.63, 3.8) is 0 Å². The third-order valence-electron chi connectivity index (χ3n) is 2.67. The van der Waals surface area contributed by atoms with Crippen LogP contribution in [0.4, 0.5) is 0 Å². The molecule has 1 spiro atoms. The van der Waals surface area contributed by atoms with Crippen molar-refractivity contribution in [1.29, 1.82) is 0 Å². The van der Waals surface area contributed by atoms with E-state index in [2.05, 4.69) is 5.32 Å². The maximum atomic E-state index is 5.33. The zero-order valence-corrected chi connectivity index (χ0v) is 5.81. The molecule has 1 saturated heterocycles. The molecule has 0 amide bonds. The van der Waals surface area contributed by atoms with E-state index in [1.165, 1.54) is 19.4 Å². The van der Waals surface area contributed by atoms with Crippen molar-refractivity contribution < 1.29 is 4.74 Å². The first-order chi connectivity index (χ1) is 4.37. The number of hydrogen-bond donors (Lipinski definition) is 1. The van der Waals surface area contributed by atoms with Gasteiger partial charge in [-0.05, 0) is 12.8 Å². The van der Waals surface area contributed by atoms with E-state index >= 15 is 0 Å². The second-order valence-corrected chi connectivity index (χ2v) is 3.22. The fourth-order valence-electron chi connectivity index (χ4n) is 1.78. The van der Waals surface area contributed by atoms with Gasteiger partial charge in [0.2, 0.25) is 0 Å². The van der Waals surface area contributed by atoms with E-state index in [-0.39, 0.29) is 0 Å². The van der Waals surface area contributed by atoms with Gasteiger partial charge in [-0.25, -0.2) is 0 Å². The van der Waals surface area contributed by atoms with Crippen LogP contribution in [0.3, 0.4) is 0 Å². The molecule has 0 aromatic carbocycles. The zero-order chi connectivity index (χ0) is 6.32. The summed E-state index contributed by atoms with van der Waals surface area (Å²) in [6, 6.07) is 0. The largest absolute Gasteiger partial charge is 0.380 e. The van der Waals surface area contributed by atoms with E-state index in [0.29, 0.717) is 11.5 Å². The van der Waals surface area contributed by atoms with Crippen molar-refractivity contribution in [2.45, 2.75) is 18.9 Å². The number of hydrogen-bond acceptors (Lipinski definition) is 2. The van der Waals surface area contributed by atoms with Gasteiger partial charge >= 0.3 is 0 Å². The monoisotopic (exact) mass is 127 g/mol. The van der Waals surface area contributed by atoms with Crippen LogP contribution < -0.4 is 5.32 Å². The first kappa shape index (κ1) is 5.69. The summed E-state index contributed by atoms with van der Waals surface area (Å²) in [5.74, 6) is 0. The number of ether oxygens (including phenoxy) is 1. The molecule has 1 atom stereocenters. The molecule has 1 aliphatic heterocycles. The second kappa shape index (κ2) is 1.70. The average Bonchev–Trinajstić information content (AvgIpc) is 2.45. The van der Waals surface area contributed by atoms with Crippen LogP contribution in [0.2, 0.25) is 0 Å². The van der Waals surface area contributed by atoms with Crippen molar-refractivity contribution in [3.05, 3.63) is 0 Å². The van der Waals surface area contributed by atoms with Crippen LogP contribution in [0, 0.1) is 5.41 Å². The molecule has 1 heterocycles. The summed E-state index contributed by atoms with van der Waals surface area (Å²) in [4.78, 5) is 0. The molecule has 52 valence electrons.